The number of nitrogens with two attached hydrogens (primary N) is 1. The number of hydrogen-bond acceptors (Lipinski definition) is 4. The highest BCUT2D eigenvalue weighted by molar-refractivity contribution is 5.84. The van der Waals surface area contributed by atoms with Gasteiger partial charge in [0.25, 0.3) is 0 Å². The molecule has 1 saturated heterocycles. The number of amides is 1. The van der Waals surface area contributed by atoms with Gasteiger partial charge in [-0.25, -0.2) is 0 Å². The molecule has 0 saturated carbocycles. The number of primary amides is 1. The van der Waals surface area contributed by atoms with Crippen LogP contribution in [0.5, 0.6) is 0 Å². The van der Waals surface area contributed by atoms with Crippen molar-refractivity contribution in [1.29, 1.82) is 0 Å². The maximum Gasteiger partial charge on any atom is 0.238 e. The first kappa shape index (κ1) is 14.4. The molecule has 0 aromatic rings. The van der Waals surface area contributed by atoms with Crippen LogP contribution in [0.4, 0.5) is 0 Å². The maximum absolute atomic E-state index is 11.5. The Kier molecular flexibility index (Phi) is 4.91. The van der Waals surface area contributed by atoms with Gasteiger partial charge in [0.1, 0.15) is 5.54 Å². The number of ether oxygens (including phenoxy) is 1. The van der Waals surface area contributed by atoms with Crippen molar-refractivity contribution in [1.82, 2.24) is 10.2 Å². The van der Waals surface area contributed by atoms with Gasteiger partial charge in [0, 0.05) is 19.6 Å². The van der Waals surface area contributed by atoms with Gasteiger partial charge in [0.15, 0.2) is 0 Å². The Morgan fingerprint density at radius 3 is 2.41 bits per heavy atom. The van der Waals surface area contributed by atoms with E-state index in [2.05, 4.69) is 24.1 Å². The molecular formula is C12H25N3O2. The van der Waals surface area contributed by atoms with Crippen molar-refractivity contribution >= 4 is 5.91 Å². The van der Waals surface area contributed by atoms with Crippen LogP contribution in [0, 0.1) is 0 Å². The lowest BCUT2D eigenvalue weighted by Crippen LogP contribution is -2.61. The average molecular weight is 243 g/mol. The lowest BCUT2D eigenvalue weighted by molar-refractivity contribution is -0.126. The van der Waals surface area contributed by atoms with Gasteiger partial charge in [-0.3, -0.25) is 9.69 Å². The van der Waals surface area contributed by atoms with Gasteiger partial charge >= 0.3 is 0 Å². The van der Waals surface area contributed by atoms with E-state index in [0.717, 1.165) is 19.6 Å². The van der Waals surface area contributed by atoms with Gasteiger partial charge < -0.3 is 15.8 Å². The molecule has 3 N–H and O–H groups in total. The predicted molar refractivity (Wildman–Crippen MR) is 67.7 cm³/mol. The number of hydrogen-bond donors (Lipinski definition) is 2. The van der Waals surface area contributed by atoms with Gasteiger partial charge in [-0.15, -0.1) is 0 Å². The lowest BCUT2D eigenvalue weighted by atomic mass is 9.99. The summed E-state index contributed by atoms with van der Waals surface area (Å²) in [6.45, 7) is 11.0. The molecule has 0 aliphatic carbocycles. The van der Waals surface area contributed by atoms with E-state index in [1.54, 1.807) is 0 Å². The minimum Gasteiger partial charge on any atom is -0.373 e. The molecule has 0 spiro atoms. The van der Waals surface area contributed by atoms with E-state index in [1.807, 2.05) is 13.8 Å². The molecule has 1 aliphatic rings. The first-order chi connectivity index (χ1) is 7.87. The van der Waals surface area contributed by atoms with Crippen molar-refractivity contribution < 1.29 is 9.53 Å². The zero-order chi connectivity index (χ0) is 13.1. The van der Waals surface area contributed by atoms with Crippen molar-refractivity contribution in [3.05, 3.63) is 0 Å². The lowest BCUT2D eigenvalue weighted by Gasteiger charge is -2.40. The number of morpholine rings is 1. The van der Waals surface area contributed by atoms with E-state index in [9.17, 15) is 4.79 Å². The van der Waals surface area contributed by atoms with Crippen molar-refractivity contribution in [3.63, 3.8) is 0 Å². The van der Waals surface area contributed by atoms with E-state index >= 15 is 0 Å². The minimum atomic E-state index is -0.661. The number of nitrogens with zero attached hydrogens (tertiary/aromatic N) is 1. The molecular weight excluding hydrogens is 218 g/mol. The summed E-state index contributed by atoms with van der Waals surface area (Å²) >= 11 is 0. The molecule has 1 amide bonds. The normalized spacial score (nSPS) is 29.9. The Balaban J connectivity index is 2.63. The maximum atomic E-state index is 11.5. The molecule has 5 nitrogen and oxygen atoms in total. The van der Waals surface area contributed by atoms with E-state index in [0.29, 0.717) is 6.54 Å². The average Bonchev–Trinajstić information content (AvgIpc) is 2.15. The fourth-order valence-electron chi connectivity index (χ4n) is 2.47. The summed E-state index contributed by atoms with van der Waals surface area (Å²) in [5.74, 6) is -0.300. The third kappa shape index (κ3) is 3.94. The summed E-state index contributed by atoms with van der Waals surface area (Å²) in [4.78, 5) is 13.8. The summed E-state index contributed by atoms with van der Waals surface area (Å²) in [6, 6.07) is 0. The smallest absolute Gasteiger partial charge is 0.238 e. The van der Waals surface area contributed by atoms with Gasteiger partial charge in [-0.05, 0) is 27.3 Å². The number of carbonyl (C=O) groups excluding carboxylic acids is 1. The quantitative estimate of drug-likeness (QED) is 0.710. The zero-order valence-corrected chi connectivity index (χ0v) is 11.3. The van der Waals surface area contributed by atoms with E-state index in [4.69, 9.17) is 10.5 Å². The SMILES string of the molecule is CCNC(C)(CN1CC(C)OC(C)C1)C(N)=O. The van der Waals surface area contributed by atoms with Crippen LogP contribution >= 0.6 is 0 Å². The molecule has 3 unspecified atom stereocenters. The van der Waals surface area contributed by atoms with Crippen LogP contribution in [0.25, 0.3) is 0 Å². The Labute approximate surface area is 104 Å². The predicted octanol–water partition coefficient (Wildman–Crippen LogP) is -0.0509. The number of likely N-dealkylation sites (N-methyl/N-ethyl adjacent to an activating group) is 1. The Morgan fingerprint density at radius 1 is 1.47 bits per heavy atom. The van der Waals surface area contributed by atoms with Crippen LogP contribution in [-0.2, 0) is 9.53 Å². The Bertz CT molecular complexity index is 262. The van der Waals surface area contributed by atoms with Crippen LogP contribution in [0.1, 0.15) is 27.7 Å². The van der Waals surface area contributed by atoms with Crippen molar-refractivity contribution in [2.75, 3.05) is 26.2 Å². The Morgan fingerprint density at radius 2 is 2.00 bits per heavy atom. The molecule has 1 heterocycles. The van der Waals surface area contributed by atoms with Gasteiger partial charge in [-0.1, -0.05) is 6.92 Å². The summed E-state index contributed by atoms with van der Waals surface area (Å²) in [7, 11) is 0. The van der Waals surface area contributed by atoms with E-state index < -0.39 is 5.54 Å². The molecule has 1 fully saturated rings. The summed E-state index contributed by atoms with van der Waals surface area (Å²) < 4.78 is 5.67. The highest BCUT2D eigenvalue weighted by atomic mass is 16.5. The summed E-state index contributed by atoms with van der Waals surface area (Å²) in [5.41, 5.74) is 4.82. The third-order valence-electron chi connectivity index (χ3n) is 3.15. The van der Waals surface area contributed by atoms with Crippen molar-refractivity contribution in [2.24, 2.45) is 5.73 Å². The molecule has 0 aromatic heterocycles. The highest BCUT2D eigenvalue weighted by Crippen LogP contribution is 2.14. The monoisotopic (exact) mass is 243 g/mol. The molecule has 1 rings (SSSR count). The molecule has 0 bridgehead atoms. The number of rotatable bonds is 5. The fraction of sp³-hybridized carbons (Fsp3) is 0.917. The van der Waals surface area contributed by atoms with Gasteiger partial charge in [-0.2, -0.15) is 0 Å². The summed E-state index contributed by atoms with van der Waals surface area (Å²) in [5, 5.41) is 3.18. The second kappa shape index (κ2) is 5.80. The van der Waals surface area contributed by atoms with E-state index in [1.165, 1.54) is 0 Å². The first-order valence-electron chi connectivity index (χ1n) is 6.30. The fourth-order valence-corrected chi connectivity index (χ4v) is 2.47. The zero-order valence-electron chi connectivity index (χ0n) is 11.3. The van der Waals surface area contributed by atoms with Crippen LogP contribution in [0.15, 0.2) is 0 Å². The number of carbonyl (C=O) groups is 1. The van der Waals surface area contributed by atoms with Gasteiger partial charge in [0.2, 0.25) is 5.91 Å². The molecule has 100 valence electrons. The third-order valence-corrected chi connectivity index (χ3v) is 3.15. The van der Waals surface area contributed by atoms with Crippen LogP contribution in [-0.4, -0.2) is 54.7 Å². The largest absolute Gasteiger partial charge is 0.373 e. The summed E-state index contributed by atoms with van der Waals surface area (Å²) in [6.07, 6.45) is 0.412. The minimum absolute atomic E-state index is 0.206. The van der Waals surface area contributed by atoms with Gasteiger partial charge in [0.05, 0.1) is 12.2 Å². The molecule has 17 heavy (non-hydrogen) atoms. The topological polar surface area (TPSA) is 67.6 Å². The van der Waals surface area contributed by atoms with Crippen LogP contribution in [0.3, 0.4) is 0 Å². The second-order valence-electron chi connectivity index (χ2n) is 5.18. The standard InChI is InChI=1S/C12H25N3O2/c1-5-14-12(4,11(13)16)8-15-6-9(2)17-10(3)7-15/h9-10,14H,5-8H2,1-4H3,(H2,13,16). The molecule has 0 aromatic carbocycles. The molecule has 1 aliphatic heterocycles. The van der Waals surface area contributed by atoms with Crippen LogP contribution in [0.2, 0.25) is 0 Å². The first-order valence-corrected chi connectivity index (χ1v) is 6.30. The molecule has 5 heteroatoms. The van der Waals surface area contributed by atoms with Crippen LogP contribution < -0.4 is 11.1 Å². The van der Waals surface area contributed by atoms with Crippen molar-refractivity contribution in [3.8, 4) is 0 Å². The molecule has 3 atom stereocenters. The molecule has 0 radical (unpaired) electrons. The number of nitrogens with one attached hydrogen (secondary N) is 1. The van der Waals surface area contributed by atoms with E-state index in [-0.39, 0.29) is 18.1 Å². The van der Waals surface area contributed by atoms with Crippen molar-refractivity contribution in [2.45, 2.75) is 45.4 Å². The highest BCUT2D eigenvalue weighted by Gasteiger charge is 2.34. The Hall–Kier alpha value is -0.650. The second-order valence-corrected chi connectivity index (χ2v) is 5.18.